The van der Waals surface area contributed by atoms with E-state index < -0.39 is 6.10 Å². The van der Waals surface area contributed by atoms with Crippen LogP contribution in [-0.4, -0.2) is 47.6 Å². The van der Waals surface area contributed by atoms with Gasteiger partial charge >= 0.3 is 0 Å². The Kier molecular flexibility index (Phi) is 5.42. The fourth-order valence-corrected chi connectivity index (χ4v) is 3.76. The molecule has 0 spiro atoms. The van der Waals surface area contributed by atoms with Gasteiger partial charge in [0.15, 0.2) is 0 Å². The van der Waals surface area contributed by atoms with Crippen molar-refractivity contribution < 1.29 is 14.7 Å². The molecule has 2 amide bonds. The minimum Gasteiger partial charge on any atom is -0.392 e. The first kappa shape index (κ1) is 17.9. The molecule has 0 aliphatic carbocycles. The number of rotatable bonds is 6. The maximum absolute atomic E-state index is 12.7. The van der Waals surface area contributed by atoms with E-state index >= 15 is 0 Å². The van der Waals surface area contributed by atoms with Crippen molar-refractivity contribution in [3.8, 4) is 0 Å². The summed E-state index contributed by atoms with van der Waals surface area (Å²) in [5, 5.41) is 10.1. The van der Waals surface area contributed by atoms with Crippen molar-refractivity contribution in [1.82, 2.24) is 4.90 Å². The van der Waals surface area contributed by atoms with Crippen LogP contribution < -0.4 is 4.90 Å². The van der Waals surface area contributed by atoms with Crippen LogP contribution in [0.25, 0.3) is 0 Å². The molecule has 2 aliphatic rings. The number of amides is 2. The van der Waals surface area contributed by atoms with Gasteiger partial charge in [-0.2, -0.15) is 0 Å². The lowest BCUT2D eigenvalue weighted by atomic mass is 9.98. The van der Waals surface area contributed by atoms with E-state index in [-0.39, 0.29) is 30.1 Å². The van der Waals surface area contributed by atoms with Crippen molar-refractivity contribution in [2.24, 2.45) is 5.92 Å². The Morgan fingerprint density at radius 3 is 2.76 bits per heavy atom. The summed E-state index contributed by atoms with van der Waals surface area (Å²) in [5.41, 5.74) is 2.14. The maximum atomic E-state index is 12.7. The summed E-state index contributed by atoms with van der Waals surface area (Å²) in [6.07, 6.45) is 2.04. The minimum absolute atomic E-state index is 0.0200. The molecule has 2 heterocycles. The molecular formula is C20H28N2O3. The number of hydrogen-bond donors (Lipinski definition) is 1. The van der Waals surface area contributed by atoms with Gasteiger partial charge in [0.05, 0.1) is 12.5 Å². The van der Waals surface area contributed by atoms with Crippen molar-refractivity contribution in [2.75, 3.05) is 24.5 Å². The van der Waals surface area contributed by atoms with Crippen LogP contribution in [0.15, 0.2) is 24.3 Å². The van der Waals surface area contributed by atoms with E-state index in [2.05, 4.69) is 6.07 Å². The fourth-order valence-electron chi connectivity index (χ4n) is 3.76. The predicted octanol–water partition coefficient (Wildman–Crippen LogP) is 2.54. The molecule has 3 rings (SSSR count). The minimum atomic E-state index is -0.610. The Balaban J connectivity index is 1.68. The summed E-state index contributed by atoms with van der Waals surface area (Å²) in [7, 11) is 0. The number of likely N-dealkylation sites (tertiary alicyclic amines) is 1. The third-order valence-corrected chi connectivity index (χ3v) is 5.44. The van der Waals surface area contributed by atoms with Gasteiger partial charge in [0.2, 0.25) is 11.8 Å². The Hall–Kier alpha value is -1.88. The highest BCUT2D eigenvalue weighted by molar-refractivity contribution is 5.96. The first-order valence-electron chi connectivity index (χ1n) is 9.32. The molecular weight excluding hydrogens is 316 g/mol. The van der Waals surface area contributed by atoms with Crippen LogP contribution >= 0.6 is 0 Å². The van der Waals surface area contributed by atoms with Crippen molar-refractivity contribution in [2.45, 2.75) is 51.6 Å². The van der Waals surface area contributed by atoms with Crippen molar-refractivity contribution in [1.29, 1.82) is 0 Å². The van der Waals surface area contributed by atoms with Crippen LogP contribution in [0.1, 0.15) is 51.0 Å². The number of anilines is 1. The Morgan fingerprint density at radius 1 is 1.32 bits per heavy atom. The number of carbonyl (C=O) groups excluding carboxylic acids is 2. The van der Waals surface area contributed by atoms with E-state index in [1.165, 1.54) is 5.56 Å². The molecule has 0 radical (unpaired) electrons. The molecule has 1 N–H and O–H groups in total. The molecule has 136 valence electrons. The molecule has 0 aromatic heterocycles. The molecule has 2 atom stereocenters. The summed E-state index contributed by atoms with van der Waals surface area (Å²) in [6, 6.07) is 8.02. The van der Waals surface area contributed by atoms with Crippen molar-refractivity contribution in [3.63, 3.8) is 0 Å². The highest BCUT2D eigenvalue weighted by Gasteiger charge is 2.33. The second-order valence-corrected chi connectivity index (χ2v) is 7.55. The molecule has 0 saturated carbocycles. The SMILES string of the molecule is CC(C)C(O)CC(=O)N1CC(CCN2CCCC2=O)c2ccccc21. The predicted molar refractivity (Wildman–Crippen MR) is 97.4 cm³/mol. The average Bonchev–Trinajstić information content (AvgIpc) is 3.16. The zero-order valence-corrected chi connectivity index (χ0v) is 15.1. The first-order valence-corrected chi connectivity index (χ1v) is 9.32. The molecule has 5 heteroatoms. The van der Waals surface area contributed by atoms with Gasteiger partial charge in [0.25, 0.3) is 0 Å². The zero-order valence-electron chi connectivity index (χ0n) is 15.1. The summed E-state index contributed by atoms with van der Waals surface area (Å²) in [6.45, 7) is 6.10. The zero-order chi connectivity index (χ0) is 18.0. The van der Waals surface area contributed by atoms with E-state index in [1.807, 2.05) is 41.8 Å². The van der Waals surface area contributed by atoms with Gasteiger partial charge in [-0.3, -0.25) is 9.59 Å². The number of para-hydroxylation sites is 1. The molecule has 2 unspecified atom stereocenters. The second-order valence-electron chi connectivity index (χ2n) is 7.55. The summed E-state index contributed by atoms with van der Waals surface area (Å²) in [4.78, 5) is 28.3. The van der Waals surface area contributed by atoms with Gasteiger partial charge in [-0.15, -0.1) is 0 Å². The first-order chi connectivity index (χ1) is 12.0. The molecule has 2 aliphatic heterocycles. The Labute approximate surface area is 149 Å². The fraction of sp³-hybridized carbons (Fsp3) is 0.600. The number of nitrogens with zero attached hydrogens (tertiary/aromatic N) is 2. The van der Waals surface area contributed by atoms with Crippen LogP contribution in [0.5, 0.6) is 0 Å². The Morgan fingerprint density at radius 2 is 2.08 bits per heavy atom. The Bertz CT molecular complexity index is 644. The largest absolute Gasteiger partial charge is 0.392 e. The summed E-state index contributed by atoms with van der Waals surface area (Å²) in [5.74, 6) is 0.552. The number of hydrogen-bond acceptors (Lipinski definition) is 3. The highest BCUT2D eigenvalue weighted by atomic mass is 16.3. The van der Waals surface area contributed by atoms with Gasteiger partial charge in [-0.1, -0.05) is 32.0 Å². The summed E-state index contributed by atoms with van der Waals surface area (Å²) < 4.78 is 0. The van der Waals surface area contributed by atoms with Gasteiger partial charge in [-0.25, -0.2) is 0 Å². The lowest BCUT2D eigenvalue weighted by Gasteiger charge is -2.22. The lowest BCUT2D eigenvalue weighted by molar-refractivity contribution is -0.127. The third kappa shape index (κ3) is 3.87. The quantitative estimate of drug-likeness (QED) is 0.863. The number of fused-ring (bicyclic) bond motifs is 1. The number of carbonyl (C=O) groups is 2. The molecule has 5 nitrogen and oxygen atoms in total. The van der Waals surface area contributed by atoms with Crippen LogP contribution in [0.2, 0.25) is 0 Å². The standard InChI is InChI=1S/C20H28N2O3/c1-14(2)18(23)12-20(25)22-13-15(16-6-3-4-7-17(16)22)9-11-21-10-5-8-19(21)24/h3-4,6-7,14-15,18,23H,5,8-13H2,1-2H3. The van der Waals surface area contributed by atoms with E-state index in [0.29, 0.717) is 13.0 Å². The molecule has 25 heavy (non-hydrogen) atoms. The van der Waals surface area contributed by atoms with E-state index in [9.17, 15) is 14.7 Å². The van der Waals surface area contributed by atoms with Gasteiger partial charge < -0.3 is 14.9 Å². The molecule has 1 aromatic rings. The molecule has 0 bridgehead atoms. The monoisotopic (exact) mass is 344 g/mol. The van der Waals surface area contributed by atoms with Crippen LogP contribution in [0.4, 0.5) is 5.69 Å². The topological polar surface area (TPSA) is 60.9 Å². The maximum Gasteiger partial charge on any atom is 0.229 e. The normalized spacial score (nSPS) is 21.1. The number of aliphatic hydroxyl groups is 1. The molecule has 1 aromatic carbocycles. The summed E-state index contributed by atoms with van der Waals surface area (Å²) >= 11 is 0. The molecule has 1 saturated heterocycles. The van der Waals surface area contributed by atoms with E-state index in [4.69, 9.17) is 0 Å². The third-order valence-electron chi connectivity index (χ3n) is 5.44. The molecule has 1 fully saturated rings. The van der Waals surface area contributed by atoms with Gasteiger partial charge in [0, 0.05) is 37.7 Å². The second kappa shape index (κ2) is 7.56. The number of benzene rings is 1. The van der Waals surface area contributed by atoms with Gasteiger partial charge in [-0.05, 0) is 30.4 Å². The van der Waals surface area contributed by atoms with Crippen molar-refractivity contribution >= 4 is 17.5 Å². The van der Waals surface area contributed by atoms with Crippen LogP contribution in [0.3, 0.4) is 0 Å². The van der Waals surface area contributed by atoms with Crippen molar-refractivity contribution in [3.05, 3.63) is 29.8 Å². The van der Waals surface area contributed by atoms with E-state index in [1.54, 1.807) is 0 Å². The average molecular weight is 344 g/mol. The lowest BCUT2D eigenvalue weighted by Crippen LogP contribution is -2.34. The van der Waals surface area contributed by atoms with Gasteiger partial charge in [0.1, 0.15) is 0 Å². The smallest absolute Gasteiger partial charge is 0.229 e. The van der Waals surface area contributed by atoms with Crippen LogP contribution in [-0.2, 0) is 9.59 Å². The van der Waals surface area contributed by atoms with E-state index in [0.717, 1.165) is 31.6 Å². The number of aliphatic hydroxyl groups excluding tert-OH is 1. The van der Waals surface area contributed by atoms with Crippen LogP contribution in [0, 0.1) is 5.92 Å². The highest BCUT2D eigenvalue weighted by Crippen LogP contribution is 2.38.